The molecule has 0 fully saturated rings. The average molecular weight is 327 g/mol. The van der Waals surface area contributed by atoms with E-state index in [0.29, 0.717) is 18.9 Å². The molecule has 6 heteroatoms. The Morgan fingerprint density at radius 3 is 2.67 bits per heavy atom. The van der Waals surface area contributed by atoms with Crippen LogP contribution in [-0.2, 0) is 11.2 Å². The molecule has 0 aliphatic carbocycles. The van der Waals surface area contributed by atoms with Gasteiger partial charge in [0.25, 0.3) is 0 Å². The molecule has 1 N–H and O–H groups in total. The fourth-order valence-electron chi connectivity index (χ4n) is 2.41. The zero-order valence-corrected chi connectivity index (χ0v) is 14.8. The highest BCUT2D eigenvalue weighted by atomic mass is 16.1. The third-order valence-corrected chi connectivity index (χ3v) is 3.67. The minimum Gasteiger partial charge on any atom is -0.355 e. The number of hydrogen-bond donors (Lipinski definition) is 1. The lowest BCUT2D eigenvalue weighted by Gasteiger charge is -2.28. The Labute approximate surface area is 143 Å². The van der Waals surface area contributed by atoms with Crippen LogP contribution >= 0.6 is 0 Å². The second kappa shape index (κ2) is 8.38. The van der Waals surface area contributed by atoms with E-state index < -0.39 is 0 Å². The van der Waals surface area contributed by atoms with E-state index in [-0.39, 0.29) is 11.9 Å². The first-order valence-electron chi connectivity index (χ1n) is 8.31. The summed E-state index contributed by atoms with van der Waals surface area (Å²) < 4.78 is 0. The second-order valence-electron chi connectivity index (χ2n) is 5.88. The van der Waals surface area contributed by atoms with Gasteiger partial charge < -0.3 is 10.2 Å². The van der Waals surface area contributed by atoms with Crippen molar-refractivity contribution in [3.63, 3.8) is 0 Å². The van der Waals surface area contributed by atoms with E-state index in [9.17, 15) is 4.79 Å². The molecule has 0 bridgehead atoms. The van der Waals surface area contributed by atoms with Crippen LogP contribution in [0.1, 0.15) is 33.4 Å². The summed E-state index contributed by atoms with van der Waals surface area (Å²) in [5.41, 5.74) is 1.74. The van der Waals surface area contributed by atoms with Crippen molar-refractivity contribution in [2.75, 3.05) is 18.0 Å². The van der Waals surface area contributed by atoms with Crippen LogP contribution in [0.5, 0.6) is 0 Å². The van der Waals surface area contributed by atoms with Crippen molar-refractivity contribution in [3.05, 3.63) is 36.2 Å². The number of hydrogen-bond acceptors (Lipinski definition) is 5. The fraction of sp³-hybridized carbons (Fsp3) is 0.444. The van der Waals surface area contributed by atoms with Crippen LogP contribution in [0, 0.1) is 0 Å². The van der Waals surface area contributed by atoms with E-state index in [2.05, 4.69) is 41.0 Å². The van der Waals surface area contributed by atoms with Gasteiger partial charge in [-0.25, -0.2) is 9.97 Å². The van der Waals surface area contributed by atoms with Crippen LogP contribution in [0.25, 0.3) is 11.5 Å². The molecule has 0 atom stereocenters. The van der Waals surface area contributed by atoms with Crippen molar-refractivity contribution in [1.29, 1.82) is 0 Å². The number of aryl methyl sites for hydroxylation is 1. The van der Waals surface area contributed by atoms with Gasteiger partial charge in [-0.05, 0) is 32.4 Å². The maximum Gasteiger partial charge on any atom is 0.216 e. The molecule has 0 saturated heterocycles. The molecule has 2 heterocycles. The number of amides is 1. The van der Waals surface area contributed by atoms with Crippen LogP contribution < -0.4 is 10.2 Å². The molecule has 0 radical (unpaired) electrons. The predicted octanol–water partition coefficient (Wildman–Crippen LogP) is 2.45. The summed E-state index contributed by atoms with van der Waals surface area (Å²) in [4.78, 5) is 26.9. The third-order valence-electron chi connectivity index (χ3n) is 3.67. The number of aromatic nitrogens is 3. The van der Waals surface area contributed by atoms with Gasteiger partial charge in [-0.3, -0.25) is 9.78 Å². The van der Waals surface area contributed by atoms with Gasteiger partial charge in [-0.1, -0.05) is 13.0 Å². The normalized spacial score (nSPS) is 10.7. The maximum absolute atomic E-state index is 11.1. The van der Waals surface area contributed by atoms with Gasteiger partial charge in [0.15, 0.2) is 5.82 Å². The van der Waals surface area contributed by atoms with Crippen molar-refractivity contribution >= 4 is 11.7 Å². The van der Waals surface area contributed by atoms with Gasteiger partial charge in [-0.15, -0.1) is 0 Å². The van der Waals surface area contributed by atoms with Crippen LogP contribution in [0.2, 0.25) is 0 Å². The number of pyridine rings is 1. The summed E-state index contributed by atoms with van der Waals surface area (Å²) in [7, 11) is 0. The maximum atomic E-state index is 11.1. The van der Waals surface area contributed by atoms with Gasteiger partial charge in [-0.2, -0.15) is 0 Å². The number of nitrogens with one attached hydrogen (secondary N) is 1. The molecule has 2 rings (SSSR count). The molecule has 1 amide bonds. The largest absolute Gasteiger partial charge is 0.355 e. The highest BCUT2D eigenvalue weighted by Crippen LogP contribution is 2.20. The molecule has 0 unspecified atom stereocenters. The number of carbonyl (C=O) groups excluding carboxylic acids is 1. The molecule has 0 aromatic carbocycles. The molecule has 2 aromatic heterocycles. The van der Waals surface area contributed by atoms with Crippen LogP contribution in [0.3, 0.4) is 0 Å². The Balaban J connectivity index is 2.33. The standard InChI is InChI=1S/C18H25N5O/c1-5-15-12-17(23(13(2)3)11-10-19-14(4)24)22-18(21-15)16-8-6-7-9-20-16/h6-9,12-13H,5,10-11H2,1-4H3,(H,19,24). The summed E-state index contributed by atoms with van der Waals surface area (Å²) in [5, 5.41) is 2.84. The number of rotatable bonds is 7. The minimum absolute atomic E-state index is 0.0233. The van der Waals surface area contributed by atoms with Gasteiger partial charge >= 0.3 is 0 Å². The smallest absolute Gasteiger partial charge is 0.216 e. The SMILES string of the molecule is CCc1cc(N(CCNC(C)=O)C(C)C)nc(-c2ccccn2)n1. The van der Waals surface area contributed by atoms with Crippen molar-refractivity contribution in [3.8, 4) is 11.5 Å². The fourth-order valence-corrected chi connectivity index (χ4v) is 2.41. The van der Waals surface area contributed by atoms with Crippen LogP contribution in [-0.4, -0.2) is 40.0 Å². The lowest BCUT2D eigenvalue weighted by molar-refractivity contribution is -0.118. The van der Waals surface area contributed by atoms with E-state index in [1.807, 2.05) is 24.3 Å². The Bertz CT molecular complexity index is 672. The highest BCUT2D eigenvalue weighted by molar-refractivity contribution is 5.72. The zero-order chi connectivity index (χ0) is 17.5. The first-order valence-corrected chi connectivity index (χ1v) is 8.31. The monoisotopic (exact) mass is 327 g/mol. The lowest BCUT2D eigenvalue weighted by Crippen LogP contribution is -2.38. The molecule has 0 aliphatic heterocycles. The van der Waals surface area contributed by atoms with E-state index in [1.165, 1.54) is 6.92 Å². The molecule has 128 valence electrons. The molecule has 0 aliphatic rings. The summed E-state index contributed by atoms with van der Waals surface area (Å²) >= 11 is 0. The van der Waals surface area contributed by atoms with Gasteiger partial charge in [0, 0.05) is 44.0 Å². The molecule has 24 heavy (non-hydrogen) atoms. The van der Waals surface area contributed by atoms with E-state index in [1.54, 1.807) is 6.20 Å². The van der Waals surface area contributed by atoms with Gasteiger partial charge in [0.1, 0.15) is 11.5 Å². The van der Waals surface area contributed by atoms with Crippen molar-refractivity contribution < 1.29 is 4.79 Å². The minimum atomic E-state index is -0.0233. The first kappa shape index (κ1) is 17.8. The summed E-state index contributed by atoms with van der Waals surface area (Å²) in [5.74, 6) is 1.47. The van der Waals surface area contributed by atoms with Gasteiger partial charge in [0.2, 0.25) is 5.91 Å². The second-order valence-corrected chi connectivity index (χ2v) is 5.88. The highest BCUT2D eigenvalue weighted by Gasteiger charge is 2.15. The van der Waals surface area contributed by atoms with Crippen molar-refractivity contribution in [1.82, 2.24) is 20.3 Å². The molecule has 0 spiro atoms. The average Bonchev–Trinajstić information content (AvgIpc) is 2.58. The zero-order valence-electron chi connectivity index (χ0n) is 14.8. The predicted molar refractivity (Wildman–Crippen MR) is 95.8 cm³/mol. The van der Waals surface area contributed by atoms with Gasteiger partial charge in [0.05, 0.1) is 0 Å². The number of nitrogens with zero attached hydrogens (tertiary/aromatic N) is 4. The van der Waals surface area contributed by atoms with E-state index in [0.717, 1.165) is 23.6 Å². The molecule has 0 saturated carbocycles. The Morgan fingerprint density at radius 2 is 2.08 bits per heavy atom. The lowest BCUT2D eigenvalue weighted by atomic mass is 10.2. The Kier molecular flexibility index (Phi) is 6.23. The van der Waals surface area contributed by atoms with Crippen LogP contribution in [0.15, 0.2) is 30.5 Å². The van der Waals surface area contributed by atoms with E-state index >= 15 is 0 Å². The van der Waals surface area contributed by atoms with E-state index in [4.69, 9.17) is 4.98 Å². The Hall–Kier alpha value is -2.50. The Morgan fingerprint density at radius 1 is 1.29 bits per heavy atom. The third kappa shape index (κ3) is 4.75. The number of anilines is 1. The summed E-state index contributed by atoms with van der Waals surface area (Å²) in [6, 6.07) is 7.99. The molecule has 2 aromatic rings. The topological polar surface area (TPSA) is 71.0 Å². The van der Waals surface area contributed by atoms with Crippen molar-refractivity contribution in [2.45, 2.75) is 40.2 Å². The number of carbonyl (C=O) groups is 1. The van der Waals surface area contributed by atoms with Crippen LogP contribution in [0.4, 0.5) is 5.82 Å². The molecule has 6 nitrogen and oxygen atoms in total. The molecular weight excluding hydrogens is 302 g/mol. The first-order chi connectivity index (χ1) is 11.5. The summed E-state index contributed by atoms with van der Waals surface area (Å²) in [6.45, 7) is 9.10. The molecular formula is C18H25N5O. The quantitative estimate of drug-likeness (QED) is 0.846. The van der Waals surface area contributed by atoms with Crippen molar-refractivity contribution in [2.24, 2.45) is 0 Å². The summed E-state index contributed by atoms with van der Waals surface area (Å²) in [6.07, 6.45) is 2.57.